The molecule has 0 amide bonds. The number of benzene rings is 1. The molecular formula is C12H15N5. The largest absolute Gasteiger partial charge is 0.370 e. The van der Waals surface area contributed by atoms with Crippen molar-refractivity contribution in [2.75, 3.05) is 5.32 Å². The molecule has 0 radical (unpaired) electrons. The molecule has 0 aliphatic rings. The van der Waals surface area contributed by atoms with E-state index in [1.54, 1.807) is 10.9 Å². The Hall–Kier alpha value is -2.30. The molecule has 0 saturated carbocycles. The van der Waals surface area contributed by atoms with Crippen molar-refractivity contribution in [3.63, 3.8) is 0 Å². The number of hydrogen-bond acceptors (Lipinski definition) is 2. The van der Waals surface area contributed by atoms with Crippen molar-refractivity contribution in [2.24, 2.45) is 17.8 Å². The fraction of sp³-hybridized carbons (Fsp3) is 0.167. The Labute approximate surface area is 100.0 Å². The molecule has 0 bridgehead atoms. The third-order valence-corrected chi connectivity index (χ3v) is 2.38. The molecule has 5 nitrogen and oxygen atoms in total. The van der Waals surface area contributed by atoms with Crippen molar-refractivity contribution in [3.05, 3.63) is 48.3 Å². The molecule has 0 aliphatic heterocycles. The standard InChI is InChI=1S/C12H15N5/c1-17-11(7-8-15-17)9-14-12(13)16-10-5-3-2-4-6-10/h2-8H,9H2,1H3,(H3,13,14,16). The molecule has 0 aliphatic carbocycles. The van der Waals surface area contributed by atoms with Crippen LogP contribution in [-0.4, -0.2) is 15.7 Å². The summed E-state index contributed by atoms with van der Waals surface area (Å²) in [5.74, 6) is 0.400. The quantitative estimate of drug-likeness (QED) is 0.616. The average Bonchev–Trinajstić information content (AvgIpc) is 2.74. The lowest BCUT2D eigenvalue weighted by atomic mass is 10.3. The van der Waals surface area contributed by atoms with E-state index in [2.05, 4.69) is 15.4 Å². The molecule has 1 heterocycles. The number of nitrogens with two attached hydrogens (primary N) is 1. The first kappa shape index (κ1) is 11.2. The highest BCUT2D eigenvalue weighted by atomic mass is 15.3. The van der Waals surface area contributed by atoms with E-state index in [9.17, 15) is 0 Å². The number of aryl methyl sites for hydroxylation is 1. The Morgan fingerprint density at radius 3 is 2.76 bits per heavy atom. The van der Waals surface area contributed by atoms with Gasteiger partial charge in [0.15, 0.2) is 5.96 Å². The van der Waals surface area contributed by atoms with Crippen LogP contribution in [0.15, 0.2) is 47.6 Å². The number of aromatic nitrogens is 2. The van der Waals surface area contributed by atoms with Crippen LogP contribution >= 0.6 is 0 Å². The van der Waals surface area contributed by atoms with E-state index in [-0.39, 0.29) is 0 Å². The third-order valence-electron chi connectivity index (χ3n) is 2.38. The van der Waals surface area contributed by atoms with E-state index in [0.717, 1.165) is 11.4 Å². The van der Waals surface area contributed by atoms with Gasteiger partial charge in [-0.2, -0.15) is 5.10 Å². The van der Waals surface area contributed by atoms with Crippen molar-refractivity contribution in [2.45, 2.75) is 6.54 Å². The fourth-order valence-electron chi connectivity index (χ4n) is 1.43. The SMILES string of the molecule is Cn1nccc1CN=C(N)Nc1ccccc1. The van der Waals surface area contributed by atoms with Gasteiger partial charge in [-0.15, -0.1) is 0 Å². The topological polar surface area (TPSA) is 68.2 Å². The van der Waals surface area contributed by atoms with E-state index in [1.807, 2.05) is 43.4 Å². The lowest BCUT2D eigenvalue weighted by Gasteiger charge is -2.05. The van der Waals surface area contributed by atoms with Gasteiger partial charge < -0.3 is 11.1 Å². The number of aliphatic imine (C=N–C) groups is 1. The molecule has 88 valence electrons. The van der Waals surface area contributed by atoms with E-state index >= 15 is 0 Å². The number of nitrogens with one attached hydrogen (secondary N) is 1. The third kappa shape index (κ3) is 3.07. The minimum atomic E-state index is 0.400. The summed E-state index contributed by atoms with van der Waals surface area (Å²) in [7, 11) is 1.88. The van der Waals surface area contributed by atoms with E-state index in [0.29, 0.717) is 12.5 Å². The van der Waals surface area contributed by atoms with Crippen LogP contribution in [0.5, 0.6) is 0 Å². The molecule has 0 saturated heterocycles. The number of nitrogens with zero attached hydrogens (tertiary/aromatic N) is 3. The van der Waals surface area contributed by atoms with Crippen molar-refractivity contribution in [3.8, 4) is 0 Å². The van der Waals surface area contributed by atoms with Crippen LogP contribution in [-0.2, 0) is 13.6 Å². The van der Waals surface area contributed by atoms with Crippen LogP contribution in [0.25, 0.3) is 0 Å². The monoisotopic (exact) mass is 229 g/mol. The molecule has 0 atom stereocenters. The van der Waals surface area contributed by atoms with Crippen molar-refractivity contribution < 1.29 is 0 Å². The molecule has 1 aromatic carbocycles. The average molecular weight is 229 g/mol. The second kappa shape index (κ2) is 5.16. The molecule has 0 spiro atoms. The highest BCUT2D eigenvalue weighted by Crippen LogP contribution is 2.04. The van der Waals surface area contributed by atoms with Gasteiger partial charge in [-0.25, -0.2) is 4.99 Å². The summed E-state index contributed by atoms with van der Waals surface area (Å²) in [5.41, 5.74) is 7.73. The summed E-state index contributed by atoms with van der Waals surface area (Å²) < 4.78 is 1.78. The van der Waals surface area contributed by atoms with Gasteiger partial charge in [0, 0.05) is 18.9 Å². The summed E-state index contributed by atoms with van der Waals surface area (Å²) in [4.78, 5) is 4.25. The summed E-state index contributed by atoms with van der Waals surface area (Å²) in [6.45, 7) is 0.516. The Balaban J connectivity index is 1.97. The Bertz CT molecular complexity index is 501. The summed E-state index contributed by atoms with van der Waals surface area (Å²) in [6, 6.07) is 11.6. The molecule has 0 unspecified atom stereocenters. The molecule has 17 heavy (non-hydrogen) atoms. The van der Waals surface area contributed by atoms with Crippen LogP contribution in [0.1, 0.15) is 5.69 Å². The maximum absolute atomic E-state index is 5.78. The van der Waals surface area contributed by atoms with Gasteiger partial charge in [0.25, 0.3) is 0 Å². The van der Waals surface area contributed by atoms with Gasteiger partial charge in [-0.3, -0.25) is 4.68 Å². The zero-order valence-corrected chi connectivity index (χ0v) is 9.67. The van der Waals surface area contributed by atoms with Gasteiger partial charge in [-0.1, -0.05) is 18.2 Å². The number of para-hydroxylation sites is 1. The lowest BCUT2D eigenvalue weighted by Crippen LogP contribution is -2.22. The zero-order chi connectivity index (χ0) is 12.1. The minimum Gasteiger partial charge on any atom is -0.370 e. The summed E-state index contributed by atoms with van der Waals surface area (Å²) >= 11 is 0. The molecule has 2 aromatic rings. The van der Waals surface area contributed by atoms with Crippen molar-refractivity contribution in [1.82, 2.24) is 9.78 Å². The van der Waals surface area contributed by atoms with Crippen molar-refractivity contribution in [1.29, 1.82) is 0 Å². The van der Waals surface area contributed by atoms with Crippen LogP contribution in [0.2, 0.25) is 0 Å². The van der Waals surface area contributed by atoms with Crippen LogP contribution < -0.4 is 11.1 Å². The highest BCUT2D eigenvalue weighted by Gasteiger charge is 1.97. The number of guanidine groups is 1. The van der Waals surface area contributed by atoms with Gasteiger partial charge in [-0.05, 0) is 18.2 Å². The first-order valence-corrected chi connectivity index (χ1v) is 5.34. The zero-order valence-electron chi connectivity index (χ0n) is 9.67. The molecule has 3 N–H and O–H groups in total. The molecular weight excluding hydrogens is 214 g/mol. The van der Waals surface area contributed by atoms with E-state index in [1.165, 1.54) is 0 Å². The summed E-state index contributed by atoms with van der Waals surface area (Å²) in [5, 5.41) is 7.09. The first-order valence-electron chi connectivity index (χ1n) is 5.34. The Morgan fingerprint density at radius 2 is 2.12 bits per heavy atom. The number of hydrogen-bond donors (Lipinski definition) is 2. The van der Waals surface area contributed by atoms with Crippen molar-refractivity contribution >= 4 is 11.6 Å². The lowest BCUT2D eigenvalue weighted by molar-refractivity contribution is 0.712. The second-order valence-electron chi connectivity index (χ2n) is 3.64. The van der Waals surface area contributed by atoms with E-state index < -0.39 is 0 Å². The first-order chi connectivity index (χ1) is 8.25. The van der Waals surface area contributed by atoms with Gasteiger partial charge in [0.2, 0.25) is 0 Å². The summed E-state index contributed by atoms with van der Waals surface area (Å²) in [6.07, 6.45) is 1.74. The predicted molar refractivity (Wildman–Crippen MR) is 68.6 cm³/mol. The predicted octanol–water partition coefficient (Wildman–Crippen LogP) is 1.35. The molecule has 5 heteroatoms. The van der Waals surface area contributed by atoms with Crippen LogP contribution in [0.4, 0.5) is 5.69 Å². The maximum Gasteiger partial charge on any atom is 0.193 e. The van der Waals surface area contributed by atoms with Crippen LogP contribution in [0, 0.1) is 0 Å². The van der Waals surface area contributed by atoms with Crippen LogP contribution in [0.3, 0.4) is 0 Å². The van der Waals surface area contributed by atoms with Gasteiger partial charge in [0.1, 0.15) is 0 Å². The molecule has 2 rings (SSSR count). The van der Waals surface area contributed by atoms with Gasteiger partial charge in [0.05, 0.1) is 12.2 Å². The fourth-order valence-corrected chi connectivity index (χ4v) is 1.43. The molecule has 0 fully saturated rings. The van der Waals surface area contributed by atoms with E-state index in [4.69, 9.17) is 5.73 Å². The second-order valence-corrected chi connectivity index (χ2v) is 3.64. The Kier molecular flexibility index (Phi) is 3.40. The normalized spacial score (nSPS) is 11.5. The highest BCUT2D eigenvalue weighted by molar-refractivity contribution is 5.92. The minimum absolute atomic E-state index is 0.400. The maximum atomic E-state index is 5.78. The molecule has 1 aromatic heterocycles. The Morgan fingerprint density at radius 1 is 1.35 bits per heavy atom. The smallest absolute Gasteiger partial charge is 0.193 e. The van der Waals surface area contributed by atoms with Gasteiger partial charge >= 0.3 is 0 Å². The number of anilines is 1. The number of rotatable bonds is 3.